The van der Waals surface area contributed by atoms with Gasteiger partial charge < -0.3 is 10.1 Å². The summed E-state index contributed by atoms with van der Waals surface area (Å²) >= 11 is 4.41. The molecule has 0 amide bonds. The van der Waals surface area contributed by atoms with E-state index in [1.165, 1.54) is 0 Å². The molecule has 1 heterocycles. The average Bonchev–Trinajstić information content (AvgIpc) is 1.97. The fourth-order valence-electron chi connectivity index (χ4n) is 2.64. The Hall–Kier alpha value is 0.270. The molecule has 2 nitrogen and oxygen atoms in total. The summed E-state index contributed by atoms with van der Waals surface area (Å²) in [6.45, 7) is 11.1. The molecule has 90 valence electrons. The largest absolute Gasteiger partial charge is 0.364 e. The molecule has 1 unspecified atom stereocenters. The second-order valence-electron chi connectivity index (χ2n) is 5.92. The third-order valence-corrected chi connectivity index (χ3v) is 3.34. The van der Waals surface area contributed by atoms with Gasteiger partial charge in [0.15, 0.2) is 0 Å². The molecule has 1 aliphatic rings. The van der Waals surface area contributed by atoms with Crippen LogP contribution >= 0.6 is 12.6 Å². The fraction of sp³-hybridized carbons (Fsp3) is 1.00. The summed E-state index contributed by atoms with van der Waals surface area (Å²) in [5.41, 5.74) is 0.404. The Kier molecular flexibility index (Phi) is 4.13. The van der Waals surface area contributed by atoms with Gasteiger partial charge in [-0.1, -0.05) is 6.92 Å². The minimum atomic E-state index is 0.0831. The van der Waals surface area contributed by atoms with Crippen LogP contribution in [0.15, 0.2) is 0 Å². The van der Waals surface area contributed by atoms with Crippen LogP contribution in [-0.2, 0) is 4.74 Å². The lowest BCUT2D eigenvalue weighted by Gasteiger charge is -2.46. The molecule has 1 rings (SSSR count). The highest BCUT2D eigenvalue weighted by Crippen LogP contribution is 2.31. The van der Waals surface area contributed by atoms with Crippen molar-refractivity contribution in [3.8, 4) is 0 Å². The first-order valence-corrected chi connectivity index (χ1v) is 6.38. The molecule has 1 saturated heterocycles. The van der Waals surface area contributed by atoms with E-state index in [-0.39, 0.29) is 16.5 Å². The number of hydrogen-bond acceptors (Lipinski definition) is 3. The first kappa shape index (κ1) is 13.3. The summed E-state index contributed by atoms with van der Waals surface area (Å²) in [4.78, 5) is 0. The fourth-order valence-corrected chi connectivity index (χ4v) is 2.82. The zero-order valence-corrected chi connectivity index (χ0v) is 11.5. The van der Waals surface area contributed by atoms with Crippen molar-refractivity contribution in [1.29, 1.82) is 0 Å². The maximum Gasteiger partial charge on any atom is 0.100 e. The standard InChI is InChI=1S/C12H25NOS/c1-6-10(15)14-9-7-11(2,3)13-12(4,5)8-9/h9-10,13,15H,6-8H2,1-5H3. The first-order valence-electron chi connectivity index (χ1n) is 5.87. The van der Waals surface area contributed by atoms with Crippen molar-refractivity contribution in [2.45, 2.75) is 76.5 Å². The summed E-state index contributed by atoms with van der Waals surface area (Å²) in [5, 5.41) is 3.65. The maximum atomic E-state index is 5.94. The molecule has 0 aliphatic carbocycles. The molecular weight excluding hydrogens is 206 g/mol. The van der Waals surface area contributed by atoms with Crippen LogP contribution in [-0.4, -0.2) is 22.6 Å². The summed E-state index contributed by atoms with van der Waals surface area (Å²) in [7, 11) is 0. The van der Waals surface area contributed by atoms with Gasteiger partial charge in [-0.3, -0.25) is 0 Å². The number of nitrogens with one attached hydrogen (secondary N) is 1. The zero-order chi connectivity index (χ0) is 11.7. The second kappa shape index (κ2) is 4.64. The predicted octanol–water partition coefficient (Wildman–Crippen LogP) is 2.98. The molecule has 0 aromatic rings. The average molecular weight is 231 g/mol. The third kappa shape index (κ3) is 4.33. The van der Waals surface area contributed by atoms with Crippen molar-refractivity contribution in [2.24, 2.45) is 0 Å². The SMILES string of the molecule is CCC(S)OC1CC(C)(C)NC(C)(C)C1. The van der Waals surface area contributed by atoms with E-state index in [0.29, 0.717) is 6.10 Å². The van der Waals surface area contributed by atoms with Crippen molar-refractivity contribution in [1.82, 2.24) is 5.32 Å². The van der Waals surface area contributed by atoms with E-state index in [4.69, 9.17) is 4.74 Å². The van der Waals surface area contributed by atoms with Gasteiger partial charge >= 0.3 is 0 Å². The molecule has 1 aliphatic heterocycles. The number of thiol groups is 1. The lowest BCUT2D eigenvalue weighted by molar-refractivity contribution is -0.0331. The van der Waals surface area contributed by atoms with Crippen LogP contribution in [0, 0.1) is 0 Å². The topological polar surface area (TPSA) is 21.3 Å². The van der Waals surface area contributed by atoms with Crippen LogP contribution in [0.25, 0.3) is 0 Å². The van der Waals surface area contributed by atoms with Gasteiger partial charge in [0, 0.05) is 11.1 Å². The van der Waals surface area contributed by atoms with Crippen molar-refractivity contribution in [3.05, 3.63) is 0 Å². The molecule has 1 atom stereocenters. The van der Waals surface area contributed by atoms with Gasteiger partial charge in [-0.2, -0.15) is 0 Å². The Morgan fingerprint density at radius 3 is 2.13 bits per heavy atom. The Labute approximate surface area is 99.6 Å². The van der Waals surface area contributed by atoms with Crippen molar-refractivity contribution in [3.63, 3.8) is 0 Å². The highest BCUT2D eigenvalue weighted by molar-refractivity contribution is 7.80. The van der Waals surface area contributed by atoms with Gasteiger partial charge in [-0.15, -0.1) is 12.6 Å². The van der Waals surface area contributed by atoms with Gasteiger partial charge in [0.2, 0.25) is 0 Å². The summed E-state index contributed by atoms with van der Waals surface area (Å²) in [6, 6.07) is 0. The maximum absolute atomic E-state index is 5.94. The minimum Gasteiger partial charge on any atom is -0.364 e. The van der Waals surface area contributed by atoms with Crippen LogP contribution < -0.4 is 5.32 Å². The molecule has 0 aromatic heterocycles. The van der Waals surface area contributed by atoms with E-state index >= 15 is 0 Å². The van der Waals surface area contributed by atoms with Crippen LogP contribution in [0.1, 0.15) is 53.9 Å². The van der Waals surface area contributed by atoms with Gasteiger partial charge in [-0.25, -0.2) is 0 Å². The molecule has 0 saturated carbocycles. The van der Waals surface area contributed by atoms with Gasteiger partial charge in [0.05, 0.1) is 6.10 Å². The minimum absolute atomic E-state index is 0.0831. The van der Waals surface area contributed by atoms with Crippen LogP contribution in [0.3, 0.4) is 0 Å². The monoisotopic (exact) mass is 231 g/mol. The highest BCUT2D eigenvalue weighted by atomic mass is 32.1. The summed E-state index contributed by atoms with van der Waals surface area (Å²) in [5.74, 6) is 0. The molecule has 0 spiro atoms. The van der Waals surface area contributed by atoms with Crippen molar-refractivity contribution < 1.29 is 4.74 Å². The molecule has 15 heavy (non-hydrogen) atoms. The smallest absolute Gasteiger partial charge is 0.100 e. The van der Waals surface area contributed by atoms with Crippen molar-refractivity contribution in [2.75, 3.05) is 0 Å². The molecular formula is C12H25NOS. The van der Waals surface area contributed by atoms with Gasteiger partial charge in [-0.05, 0) is 47.0 Å². The van der Waals surface area contributed by atoms with Crippen LogP contribution in [0.4, 0.5) is 0 Å². The lowest BCUT2D eigenvalue weighted by Crippen LogP contribution is -2.59. The molecule has 0 radical (unpaired) electrons. The predicted molar refractivity (Wildman–Crippen MR) is 68.5 cm³/mol. The molecule has 0 bridgehead atoms. The van der Waals surface area contributed by atoms with E-state index in [1.54, 1.807) is 0 Å². The number of piperidine rings is 1. The third-order valence-electron chi connectivity index (χ3n) is 2.85. The first-order chi connectivity index (χ1) is 6.74. The molecule has 1 fully saturated rings. The number of rotatable bonds is 3. The van der Waals surface area contributed by atoms with Crippen LogP contribution in [0.2, 0.25) is 0 Å². The summed E-state index contributed by atoms with van der Waals surface area (Å²) < 4.78 is 5.94. The van der Waals surface area contributed by atoms with E-state index < -0.39 is 0 Å². The van der Waals surface area contributed by atoms with Crippen LogP contribution in [0.5, 0.6) is 0 Å². The quantitative estimate of drug-likeness (QED) is 0.575. The van der Waals surface area contributed by atoms with Crippen molar-refractivity contribution >= 4 is 12.6 Å². The molecule has 3 heteroatoms. The zero-order valence-electron chi connectivity index (χ0n) is 10.6. The number of hydrogen-bond donors (Lipinski definition) is 2. The highest BCUT2D eigenvalue weighted by Gasteiger charge is 2.38. The second-order valence-corrected chi connectivity index (χ2v) is 6.50. The lowest BCUT2D eigenvalue weighted by atomic mass is 9.81. The van der Waals surface area contributed by atoms with E-state index in [2.05, 4.69) is 52.6 Å². The summed E-state index contributed by atoms with van der Waals surface area (Å²) in [6.07, 6.45) is 3.42. The Bertz CT molecular complexity index is 200. The normalized spacial score (nSPS) is 27.6. The Morgan fingerprint density at radius 1 is 1.27 bits per heavy atom. The van der Waals surface area contributed by atoms with E-state index in [9.17, 15) is 0 Å². The molecule has 0 aromatic carbocycles. The van der Waals surface area contributed by atoms with E-state index in [1.807, 2.05) is 0 Å². The van der Waals surface area contributed by atoms with Gasteiger partial charge in [0.25, 0.3) is 0 Å². The molecule has 1 N–H and O–H groups in total. The Balaban J connectivity index is 2.59. The Morgan fingerprint density at radius 2 is 1.73 bits per heavy atom. The number of ether oxygens (including phenoxy) is 1. The van der Waals surface area contributed by atoms with Gasteiger partial charge in [0.1, 0.15) is 5.44 Å². The van der Waals surface area contributed by atoms with E-state index in [0.717, 1.165) is 19.3 Å².